The van der Waals surface area contributed by atoms with E-state index in [1.807, 2.05) is 72.8 Å². The van der Waals surface area contributed by atoms with Crippen LogP contribution >= 0.6 is 11.3 Å². The van der Waals surface area contributed by atoms with Gasteiger partial charge in [0.25, 0.3) is 0 Å². The fourth-order valence-corrected chi connectivity index (χ4v) is 4.01. The monoisotopic (exact) mass is 390 g/mol. The second-order valence-corrected chi connectivity index (χ2v) is 8.04. The topological polar surface area (TPSA) is 38.7 Å². The van der Waals surface area contributed by atoms with Crippen LogP contribution in [0.25, 0.3) is 10.1 Å². The molecule has 0 amide bonds. The minimum absolute atomic E-state index is 0.185. The molecule has 3 aromatic carbocycles. The van der Waals surface area contributed by atoms with Gasteiger partial charge in [-0.05, 0) is 54.3 Å². The number of rotatable bonds is 7. The van der Waals surface area contributed by atoms with Gasteiger partial charge in [0, 0.05) is 9.58 Å². The molecule has 4 rings (SSSR count). The maximum atomic E-state index is 10.9. The SMILES string of the molecule is CC(O)(COc1ccc(OCc2ccccc2)cc1)c1cc2ccccc2s1. The third-order valence-corrected chi connectivity index (χ3v) is 5.92. The summed E-state index contributed by atoms with van der Waals surface area (Å²) in [5, 5.41) is 12.0. The number of aliphatic hydroxyl groups is 1. The second kappa shape index (κ2) is 8.05. The first kappa shape index (κ1) is 18.5. The molecule has 4 heteroatoms. The van der Waals surface area contributed by atoms with Gasteiger partial charge in [-0.1, -0.05) is 48.5 Å². The average molecular weight is 391 g/mol. The zero-order chi connectivity index (χ0) is 19.4. The van der Waals surface area contributed by atoms with Gasteiger partial charge in [0.15, 0.2) is 0 Å². The summed E-state index contributed by atoms with van der Waals surface area (Å²) < 4.78 is 12.8. The number of ether oxygens (including phenoxy) is 2. The normalized spacial score (nSPS) is 13.2. The zero-order valence-corrected chi connectivity index (χ0v) is 16.5. The van der Waals surface area contributed by atoms with Crippen LogP contribution in [0.2, 0.25) is 0 Å². The molecular formula is C24H22O3S. The molecule has 142 valence electrons. The van der Waals surface area contributed by atoms with Gasteiger partial charge in [0.1, 0.15) is 30.3 Å². The Bertz CT molecular complexity index is 1000. The van der Waals surface area contributed by atoms with Crippen LogP contribution in [0.5, 0.6) is 11.5 Å². The summed E-state index contributed by atoms with van der Waals surface area (Å²) in [7, 11) is 0. The van der Waals surface area contributed by atoms with Gasteiger partial charge in [-0.15, -0.1) is 11.3 Å². The Hall–Kier alpha value is -2.82. The van der Waals surface area contributed by atoms with Gasteiger partial charge < -0.3 is 14.6 Å². The van der Waals surface area contributed by atoms with Crippen molar-refractivity contribution in [3.05, 3.63) is 95.4 Å². The summed E-state index contributed by atoms with van der Waals surface area (Å²) in [4.78, 5) is 0.900. The van der Waals surface area contributed by atoms with Crippen molar-refractivity contribution in [2.24, 2.45) is 0 Å². The summed E-state index contributed by atoms with van der Waals surface area (Å²) in [6.45, 7) is 2.50. The van der Waals surface area contributed by atoms with E-state index in [1.165, 1.54) is 0 Å². The van der Waals surface area contributed by atoms with E-state index in [0.29, 0.717) is 12.4 Å². The highest BCUT2D eigenvalue weighted by atomic mass is 32.1. The fraction of sp³-hybridized carbons (Fsp3) is 0.167. The van der Waals surface area contributed by atoms with Crippen molar-refractivity contribution in [1.82, 2.24) is 0 Å². The van der Waals surface area contributed by atoms with E-state index >= 15 is 0 Å². The fourth-order valence-electron chi connectivity index (χ4n) is 2.92. The molecule has 3 nitrogen and oxygen atoms in total. The van der Waals surface area contributed by atoms with Crippen LogP contribution < -0.4 is 9.47 Å². The molecule has 0 fully saturated rings. The highest BCUT2D eigenvalue weighted by Crippen LogP contribution is 2.33. The number of hydrogen-bond donors (Lipinski definition) is 1. The lowest BCUT2D eigenvalue weighted by Crippen LogP contribution is -2.28. The molecule has 0 spiro atoms. The third-order valence-electron chi connectivity index (χ3n) is 4.55. The summed E-state index contributed by atoms with van der Waals surface area (Å²) in [5.41, 5.74) is 0.0776. The third kappa shape index (κ3) is 4.35. The largest absolute Gasteiger partial charge is 0.490 e. The Labute approximate surface area is 168 Å². The van der Waals surface area contributed by atoms with Gasteiger partial charge in [0.05, 0.1) is 0 Å². The Kier molecular flexibility index (Phi) is 5.33. The second-order valence-electron chi connectivity index (χ2n) is 6.96. The smallest absolute Gasteiger partial charge is 0.130 e. The van der Waals surface area contributed by atoms with Crippen LogP contribution in [0.4, 0.5) is 0 Å². The molecule has 0 bridgehead atoms. The molecule has 0 aliphatic carbocycles. The Morgan fingerprint density at radius 1 is 0.821 bits per heavy atom. The Morgan fingerprint density at radius 2 is 1.46 bits per heavy atom. The molecule has 0 radical (unpaired) electrons. The van der Waals surface area contributed by atoms with Crippen LogP contribution in [-0.2, 0) is 12.2 Å². The summed E-state index contributed by atoms with van der Waals surface area (Å²) >= 11 is 1.60. The van der Waals surface area contributed by atoms with Gasteiger partial charge in [-0.3, -0.25) is 0 Å². The molecule has 0 aliphatic rings. The molecule has 1 N–H and O–H groups in total. The van der Waals surface area contributed by atoms with Crippen molar-refractivity contribution >= 4 is 21.4 Å². The summed E-state index contributed by atoms with van der Waals surface area (Å²) in [6.07, 6.45) is 0. The van der Waals surface area contributed by atoms with Crippen molar-refractivity contribution < 1.29 is 14.6 Å². The summed E-state index contributed by atoms with van der Waals surface area (Å²) in [6, 6.07) is 27.7. The lowest BCUT2D eigenvalue weighted by atomic mass is 10.1. The van der Waals surface area contributed by atoms with Gasteiger partial charge >= 0.3 is 0 Å². The first-order chi connectivity index (χ1) is 13.6. The molecule has 1 unspecified atom stereocenters. The lowest BCUT2D eigenvalue weighted by Gasteiger charge is -2.22. The van der Waals surface area contributed by atoms with Gasteiger partial charge in [-0.25, -0.2) is 0 Å². The molecular weight excluding hydrogens is 368 g/mol. The van der Waals surface area contributed by atoms with Crippen LogP contribution in [0, 0.1) is 0 Å². The predicted octanol–water partition coefficient (Wildman–Crippen LogP) is 5.77. The first-order valence-electron chi connectivity index (χ1n) is 9.21. The molecule has 0 aliphatic heterocycles. The zero-order valence-electron chi connectivity index (χ0n) is 15.7. The molecule has 1 aromatic heterocycles. The highest BCUT2D eigenvalue weighted by Gasteiger charge is 2.26. The molecule has 0 saturated carbocycles. The molecule has 1 heterocycles. The van der Waals surface area contributed by atoms with Crippen LogP contribution in [0.3, 0.4) is 0 Å². The van der Waals surface area contributed by atoms with Gasteiger partial charge in [0.2, 0.25) is 0 Å². The van der Waals surface area contributed by atoms with Crippen LogP contribution in [0.1, 0.15) is 17.4 Å². The molecule has 4 aromatic rings. The lowest BCUT2D eigenvalue weighted by molar-refractivity contribution is 0.0108. The maximum Gasteiger partial charge on any atom is 0.130 e. The van der Waals surface area contributed by atoms with Crippen LogP contribution in [-0.4, -0.2) is 11.7 Å². The first-order valence-corrected chi connectivity index (χ1v) is 10.0. The summed E-state index contributed by atoms with van der Waals surface area (Å²) in [5.74, 6) is 1.49. The minimum atomic E-state index is -1.05. The van der Waals surface area contributed by atoms with E-state index < -0.39 is 5.60 Å². The molecule has 0 saturated heterocycles. The van der Waals surface area contributed by atoms with E-state index in [-0.39, 0.29) is 6.61 Å². The number of benzene rings is 3. The van der Waals surface area contributed by atoms with Crippen molar-refractivity contribution in [2.75, 3.05) is 6.61 Å². The Balaban J connectivity index is 1.36. The van der Waals surface area contributed by atoms with Crippen molar-refractivity contribution in [1.29, 1.82) is 0 Å². The van der Waals surface area contributed by atoms with Crippen molar-refractivity contribution in [3.63, 3.8) is 0 Å². The predicted molar refractivity (Wildman–Crippen MR) is 114 cm³/mol. The number of thiophene rings is 1. The number of fused-ring (bicyclic) bond motifs is 1. The van der Waals surface area contributed by atoms with E-state index in [4.69, 9.17) is 9.47 Å². The molecule has 28 heavy (non-hydrogen) atoms. The van der Waals surface area contributed by atoms with E-state index in [2.05, 4.69) is 12.1 Å². The minimum Gasteiger partial charge on any atom is -0.490 e. The molecule has 1 atom stereocenters. The van der Waals surface area contributed by atoms with E-state index in [9.17, 15) is 5.11 Å². The van der Waals surface area contributed by atoms with E-state index in [1.54, 1.807) is 18.3 Å². The van der Waals surface area contributed by atoms with Gasteiger partial charge in [-0.2, -0.15) is 0 Å². The Morgan fingerprint density at radius 3 is 2.18 bits per heavy atom. The quantitative estimate of drug-likeness (QED) is 0.436. The standard InChI is InChI=1S/C24H22O3S/c1-24(25,23-15-19-9-5-6-10-22(19)28-23)17-27-21-13-11-20(12-14-21)26-16-18-7-3-2-4-8-18/h2-15,25H,16-17H2,1H3. The van der Waals surface area contributed by atoms with Crippen molar-refractivity contribution in [2.45, 2.75) is 19.1 Å². The number of hydrogen-bond acceptors (Lipinski definition) is 4. The highest BCUT2D eigenvalue weighted by molar-refractivity contribution is 7.19. The maximum absolute atomic E-state index is 10.9. The van der Waals surface area contributed by atoms with Crippen molar-refractivity contribution in [3.8, 4) is 11.5 Å². The van der Waals surface area contributed by atoms with E-state index in [0.717, 1.165) is 26.3 Å². The average Bonchev–Trinajstić information content (AvgIpc) is 3.18. The van der Waals surface area contributed by atoms with Crippen LogP contribution in [0.15, 0.2) is 84.9 Å².